The van der Waals surface area contributed by atoms with E-state index in [1.54, 1.807) is 48.5 Å². The summed E-state index contributed by atoms with van der Waals surface area (Å²) in [5.41, 5.74) is 1.68. The van der Waals surface area contributed by atoms with Gasteiger partial charge in [-0.25, -0.2) is 4.79 Å². The number of anilines is 1. The number of nitrogens with one attached hydrogen (secondary N) is 1. The first-order valence-corrected chi connectivity index (χ1v) is 10.6. The highest BCUT2D eigenvalue weighted by molar-refractivity contribution is 7.80. The lowest BCUT2D eigenvalue weighted by atomic mass is 10.1. The van der Waals surface area contributed by atoms with Gasteiger partial charge >= 0.3 is 5.97 Å². The predicted molar refractivity (Wildman–Crippen MR) is 132 cm³/mol. The van der Waals surface area contributed by atoms with Gasteiger partial charge in [-0.3, -0.25) is 19.8 Å². The van der Waals surface area contributed by atoms with E-state index >= 15 is 0 Å². The molecule has 2 amide bonds. The number of nitrogens with zero attached hydrogens (tertiary/aromatic N) is 1. The Balaban J connectivity index is 1.55. The molecule has 0 saturated carbocycles. The van der Waals surface area contributed by atoms with Gasteiger partial charge in [-0.15, -0.1) is 0 Å². The van der Waals surface area contributed by atoms with Gasteiger partial charge in [-0.05, 0) is 71.9 Å². The standard InChI is InChI=1S/C26H18N2O5S/c29-23(30)15-10-17-6-8-18(9-7-17)16-22-24(31)27-26(34)28(25(22)32)19-11-13-21(14-12-19)33-20-4-2-1-3-5-20/h1-16H,(H,29,30)(H,27,31,34)/b15-10+,22-16+. The molecule has 3 aromatic rings. The molecule has 3 aromatic carbocycles. The molecule has 0 aromatic heterocycles. The quantitative estimate of drug-likeness (QED) is 0.315. The number of thiocarbonyl (C=S) groups is 1. The molecule has 34 heavy (non-hydrogen) atoms. The van der Waals surface area contributed by atoms with Gasteiger partial charge in [0.05, 0.1) is 5.69 Å². The van der Waals surface area contributed by atoms with Crippen molar-refractivity contribution in [2.45, 2.75) is 0 Å². The average molecular weight is 471 g/mol. The van der Waals surface area contributed by atoms with Gasteiger partial charge in [0.1, 0.15) is 17.1 Å². The Morgan fingerprint density at radius 1 is 0.882 bits per heavy atom. The van der Waals surface area contributed by atoms with Crippen LogP contribution in [0.25, 0.3) is 12.2 Å². The van der Waals surface area contributed by atoms with E-state index in [4.69, 9.17) is 22.1 Å². The van der Waals surface area contributed by atoms with Crippen LogP contribution in [0.15, 0.2) is 90.5 Å². The summed E-state index contributed by atoms with van der Waals surface area (Å²) in [5.74, 6) is -0.930. The lowest BCUT2D eigenvalue weighted by Gasteiger charge is -2.29. The fourth-order valence-corrected chi connectivity index (χ4v) is 3.50. The number of ether oxygens (including phenoxy) is 1. The molecule has 0 spiro atoms. The Kier molecular flexibility index (Phi) is 6.61. The van der Waals surface area contributed by atoms with Crippen LogP contribution in [0, 0.1) is 0 Å². The van der Waals surface area contributed by atoms with Gasteiger partial charge in [0, 0.05) is 6.08 Å². The van der Waals surface area contributed by atoms with Crippen molar-refractivity contribution in [1.82, 2.24) is 5.32 Å². The Bertz CT molecular complexity index is 1310. The topological polar surface area (TPSA) is 95.9 Å². The van der Waals surface area contributed by atoms with E-state index in [0.717, 1.165) is 6.08 Å². The molecule has 0 atom stereocenters. The molecule has 1 aliphatic heterocycles. The summed E-state index contributed by atoms with van der Waals surface area (Å²) >= 11 is 5.24. The van der Waals surface area contributed by atoms with Crippen LogP contribution in [0.1, 0.15) is 11.1 Å². The first-order chi connectivity index (χ1) is 16.4. The van der Waals surface area contributed by atoms with Gasteiger partial charge in [-0.2, -0.15) is 0 Å². The first kappa shape index (κ1) is 22.6. The minimum absolute atomic E-state index is 0.0157. The van der Waals surface area contributed by atoms with Crippen LogP contribution < -0.4 is 15.0 Å². The minimum Gasteiger partial charge on any atom is -0.478 e. The molecular formula is C26H18N2O5S. The zero-order valence-corrected chi connectivity index (χ0v) is 18.5. The van der Waals surface area contributed by atoms with E-state index in [1.807, 2.05) is 30.3 Å². The minimum atomic E-state index is -1.05. The molecule has 0 unspecified atom stereocenters. The number of aliphatic carboxylic acids is 1. The summed E-state index contributed by atoms with van der Waals surface area (Å²) < 4.78 is 5.78. The number of hydrogen-bond donors (Lipinski definition) is 2. The third kappa shape index (κ3) is 5.25. The van der Waals surface area contributed by atoms with Crippen molar-refractivity contribution < 1.29 is 24.2 Å². The van der Waals surface area contributed by atoms with Crippen molar-refractivity contribution in [1.29, 1.82) is 0 Å². The van der Waals surface area contributed by atoms with Crippen LogP contribution in [0.2, 0.25) is 0 Å². The molecule has 2 N–H and O–H groups in total. The van der Waals surface area contributed by atoms with Crippen LogP contribution >= 0.6 is 12.2 Å². The molecule has 0 radical (unpaired) electrons. The molecule has 8 heteroatoms. The van der Waals surface area contributed by atoms with Crippen molar-refractivity contribution in [2.75, 3.05) is 4.90 Å². The van der Waals surface area contributed by atoms with E-state index in [0.29, 0.717) is 28.3 Å². The molecule has 1 aliphatic rings. The zero-order valence-electron chi connectivity index (χ0n) is 17.7. The molecule has 1 heterocycles. The predicted octanol–water partition coefficient (Wildman–Crippen LogP) is 4.41. The van der Waals surface area contributed by atoms with Crippen molar-refractivity contribution >= 4 is 53.0 Å². The van der Waals surface area contributed by atoms with Crippen LogP contribution in [0.3, 0.4) is 0 Å². The van der Waals surface area contributed by atoms with E-state index in [1.165, 1.54) is 17.1 Å². The SMILES string of the molecule is O=C(O)/C=C/c1ccc(/C=C2\C(=O)NC(=S)N(c3ccc(Oc4ccccc4)cc3)C2=O)cc1. The number of carbonyl (C=O) groups is 3. The molecule has 0 aliphatic carbocycles. The van der Waals surface area contributed by atoms with Gasteiger partial charge < -0.3 is 9.84 Å². The van der Waals surface area contributed by atoms with Crippen molar-refractivity contribution in [3.63, 3.8) is 0 Å². The molecule has 1 saturated heterocycles. The molecule has 168 valence electrons. The number of hydrogen-bond acceptors (Lipinski definition) is 5. The first-order valence-electron chi connectivity index (χ1n) is 10.2. The number of carbonyl (C=O) groups excluding carboxylic acids is 2. The Morgan fingerprint density at radius 3 is 2.15 bits per heavy atom. The van der Waals surface area contributed by atoms with E-state index in [-0.39, 0.29) is 10.7 Å². The third-order valence-electron chi connectivity index (χ3n) is 4.84. The highest BCUT2D eigenvalue weighted by atomic mass is 32.1. The maximum atomic E-state index is 13.2. The monoisotopic (exact) mass is 470 g/mol. The number of amides is 2. The molecular weight excluding hydrogens is 452 g/mol. The molecule has 1 fully saturated rings. The summed E-state index contributed by atoms with van der Waals surface area (Å²) in [6.07, 6.45) is 3.94. The van der Waals surface area contributed by atoms with Gasteiger partial charge in [0.15, 0.2) is 5.11 Å². The van der Waals surface area contributed by atoms with Crippen molar-refractivity contribution in [2.24, 2.45) is 0 Å². The second-order valence-electron chi connectivity index (χ2n) is 7.21. The van der Waals surface area contributed by atoms with Gasteiger partial charge in [-0.1, -0.05) is 42.5 Å². The average Bonchev–Trinajstić information content (AvgIpc) is 2.83. The fourth-order valence-electron chi connectivity index (χ4n) is 3.22. The number of para-hydroxylation sites is 1. The van der Waals surface area contributed by atoms with E-state index in [2.05, 4.69) is 5.32 Å². The van der Waals surface area contributed by atoms with Crippen molar-refractivity contribution in [3.8, 4) is 11.5 Å². The largest absolute Gasteiger partial charge is 0.478 e. The zero-order chi connectivity index (χ0) is 24.1. The third-order valence-corrected chi connectivity index (χ3v) is 5.13. The summed E-state index contributed by atoms with van der Waals surface area (Å²) in [5, 5.41) is 11.3. The summed E-state index contributed by atoms with van der Waals surface area (Å²) in [7, 11) is 0. The number of rotatable bonds is 6. The van der Waals surface area contributed by atoms with Crippen LogP contribution in [-0.4, -0.2) is 28.0 Å². The Labute approximate surface area is 200 Å². The Hall–Kier alpha value is -4.56. The highest BCUT2D eigenvalue weighted by Gasteiger charge is 2.34. The van der Waals surface area contributed by atoms with Crippen molar-refractivity contribution in [3.05, 3.63) is 102 Å². The van der Waals surface area contributed by atoms with Crippen LogP contribution in [-0.2, 0) is 14.4 Å². The molecule has 7 nitrogen and oxygen atoms in total. The van der Waals surface area contributed by atoms with Crippen LogP contribution in [0.4, 0.5) is 5.69 Å². The van der Waals surface area contributed by atoms with E-state index in [9.17, 15) is 14.4 Å². The Morgan fingerprint density at radius 2 is 1.50 bits per heavy atom. The smallest absolute Gasteiger partial charge is 0.328 e. The molecule has 0 bridgehead atoms. The summed E-state index contributed by atoms with van der Waals surface area (Å²) in [6.45, 7) is 0. The lowest BCUT2D eigenvalue weighted by molar-refractivity contribution is -0.131. The lowest BCUT2D eigenvalue weighted by Crippen LogP contribution is -2.54. The second kappa shape index (κ2) is 9.93. The summed E-state index contributed by atoms with van der Waals surface area (Å²) in [6, 6.07) is 22.8. The summed E-state index contributed by atoms with van der Waals surface area (Å²) in [4.78, 5) is 37.6. The number of carboxylic acids is 1. The van der Waals surface area contributed by atoms with Crippen LogP contribution in [0.5, 0.6) is 11.5 Å². The van der Waals surface area contributed by atoms with Gasteiger partial charge in [0.2, 0.25) is 0 Å². The van der Waals surface area contributed by atoms with Gasteiger partial charge in [0.25, 0.3) is 11.8 Å². The van der Waals surface area contributed by atoms with E-state index < -0.39 is 17.8 Å². The maximum Gasteiger partial charge on any atom is 0.328 e. The second-order valence-corrected chi connectivity index (χ2v) is 7.59. The normalized spacial score (nSPS) is 15.0. The number of benzene rings is 3. The fraction of sp³-hybridized carbons (Fsp3) is 0. The maximum absolute atomic E-state index is 13.2. The molecule has 4 rings (SSSR count). The number of carboxylic acid groups (broad SMARTS) is 1. The highest BCUT2D eigenvalue weighted by Crippen LogP contribution is 2.27.